The van der Waals surface area contributed by atoms with Gasteiger partial charge in [0.2, 0.25) is 5.91 Å². The first-order valence-electron chi connectivity index (χ1n) is 10.2. The molecular formula is C23H20ClFN6O. The molecule has 1 saturated heterocycles. The molecule has 1 aliphatic rings. The number of halogens is 2. The van der Waals surface area contributed by atoms with Crippen molar-refractivity contribution in [2.45, 2.75) is 6.92 Å². The average Bonchev–Trinajstić information content (AvgIpc) is 3.20. The van der Waals surface area contributed by atoms with E-state index in [0.717, 1.165) is 16.6 Å². The van der Waals surface area contributed by atoms with Gasteiger partial charge in [-0.2, -0.15) is 5.10 Å². The SMILES string of the molecule is C=CC(=O)N1CCN(c2ncnc3c(F)c(-c4cccc5c(C)n[nH]c45)c(Cl)cc23)CC1. The van der Waals surface area contributed by atoms with Gasteiger partial charge in [-0.1, -0.05) is 36.4 Å². The molecule has 1 aliphatic heterocycles. The van der Waals surface area contributed by atoms with Crippen molar-refractivity contribution in [1.29, 1.82) is 0 Å². The molecule has 7 nitrogen and oxygen atoms in total. The maximum Gasteiger partial charge on any atom is 0.246 e. The second-order valence-electron chi connectivity index (χ2n) is 7.69. The van der Waals surface area contributed by atoms with Crippen molar-refractivity contribution in [3.8, 4) is 11.1 Å². The van der Waals surface area contributed by atoms with E-state index in [0.29, 0.717) is 42.9 Å². The van der Waals surface area contributed by atoms with E-state index in [1.807, 2.05) is 30.0 Å². The summed E-state index contributed by atoms with van der Waals surface area (Å²) in [7, 11) is 0. The topological polar surface area (TPSA) is 78.0 Å². The molecule has 2 aromatic heterocycles. The number of H-pyrrole nitrogens is 1. The summed E-state index contributed by atoms with van der Waals surface area (Å²) in [5.41, 5.74) is 2.66. The Labute approximate surface area is 188 Å². The number of carbonyl (C=O) groups excluding carboxylic acids is 1. The summed E-state index contributed by atoms with van der Waals surface area (Å²) in [6.45, 7) is 7.64. The van der Waals surface area contributed by atoms with Crippen LogP contribution in [-0.4, -0.2) is 57.2 Å². The van der Waals surface area contributed by atoms with Crippen LogP contribution in [0.1, 0.15) is 5.69 Å². The highest BCUT2D eigenvalue weighted by Crippen LogP contribution is 2.40. The molecule has 162 valence electrons. The molecule has 0 saturated carbocycles. The molecule has 0 aliphatic carbocycles. The van der Waals surface area contributed by atoms with E-state index < -0.39 is 5.82 Å². The Balaban J connectivity index is 1.60. The van der Waals surface area contributed by atoms with Crippen molar-refractivity contribution >= 4 is 45.1 Å². The quantitative estimate of drug-likeness (QED) is 0.475. The first-order valence-corrected chi connectivity index (χ1v) is 10.6. The lowest BCUT2D eigenvalue weighted by molar-refractivity contribution is -0.126. The molecule has 1 amide bonds. The molecule has 1 fully saturated rings. The Morgan fingerprint density at radius 1 is 1.22 bits per heavy atom. The summed E-state index contributed by atoms with van der Waals surface area (Å²) in [6.07, 6.45) is 2.68. The smallest absolute Gasteiger partial charge is 0.246 e. The maximum absolute atomic E-state index is 15.8. The van der Waals surface area contributed by atoms with Crippen molar-refractivity contribution < 1.29 is 9.18 Å². The number of aromatic nitrogens is 4. The van der Waals surface area contributed by atoms with E-state index in [9.17, 15) is 4.79 Å². The van der Waals surface area contributed by atoms with Gasteiger partial charge in [-0.3, -0.25) is 9.89 Å². The van der Waals surface area contributed by atoms with Gasteiger partial charge in [0.15, 0.2) is 5.82 Å². The highest BCUT2D eigenvalue weighted by atomic mass is 35.5. The Morgan fingerprint density at radius 3 is 2.75 bits per heavy atom. The number of anilines is 1. The highest BCUT2D eigenvalue weighted by molar-refractivity contribution is 6.35. The number of fused-ring (bicyclic) bond motifs is 2. The van der Waals surface area contributed by atoms with Crippen LogP contribution in [0.4, 0.5) is 10.2 Å². The van der Waals surface area contributed by atoms with Gasteiger partial charge in [-0.05, 0) is 19.1 Å². The number of nitrogens with zero attached hydrogens (tertiary/aromatic N) is 5. The van der Waals surface area contributed by atoms with E-state index in [2.05, 4.69) is 26.7 Å². The van der Waals surface area contributed by atoms with Crippen LogP contribution in [-0.2, 0) is 4.79 Å². The number of nitrogens with one attached hydrogen (secondary N) is 1. The maximum atomic E-state index is 15.8. The molecule has 1 N–H and O–H groups in total. The minimum Gasteiger partial charge on any atom is -0.352 e. The van der Waals surface area contributed by atoms with Gasteiger partial charge in [0.05, 0.1) is 16.2 Å². The summed E-state index contributed by atoms with van der Waals surface area (Å²) in [4.78, 5) is 24.3. The van der Waals surface area contributed by atoms with E-state index in [1.165, 1.54) is 12.4 Å². The number of benzene rings is 2. The molecule has 9 heteroatoms. The molecule has 0 spiro atoms. The lowest BCUT2D eigenvalue weighted by Gasteiger charge is -2.35. The summed E-state index contributed by atoms with van der Waals surface area (Å²) in [6, 6.07) is 7.32. The molecule has 0 bridgehead atoms. The first kappa shape index (κ1) is 20.4. The Hall–Kier alpha value is -3.52. The lowest BCUT2D eigenvalue weighted by Crippen LogP contribution is -2.48. The summed E-state index contributed by atoms with van der Waals surface area (Å²) in [5.74, 6) is -0.000773. The second kappa shape index (κ2) is 7.87. The highest BCUT2D eigenvalue weighted by Gasteiger charge is 2.25. The van der Waals surface area contributed by atoms with Crippen molar-refractivity contribution in [3.63, 3.8) is 0 Å². The second-order valence-corrected chi connectivity index (χ2v) is 8.10. The lowest BCUT2D eigenvalue weighted by atomic mass is 9.99. The molecule has 0 atom stereocenters. The molecular weight excluding hydrogens is 431 g/mol. The number of hydrogen-bond acceptors (Lipinski definition) is 5. The number of aromatic amines is 1. The van der Waals surface area contributed by atoms with Gasteiger partial charge < -0.3 is 9.80 Å². The predicted molar refractivity (Wildman–Crippen MR) is 123 cm³/mol. The molecule has 0 radical (unpaired) electrons. The molecule has 0 unspecified atom stereocenters. The van der Waals surface area contributed by atoms with Gasteiger partial charge in [0, 0.05) is 48.1 Å². The number of amides is 1. The zero-order valence-electron chi connectivity index (χ0n) is 17.4. The van der Waals surface area contributed by atoms with Crippen LogP contribution in [0, 0.1) is 12.7 Å². The van der Waals surface area contributed by atoms with Crippen molar-refractivity contribution in [3.05, 3.63) is 59.8 Å². The Bertz CT molecular complexity index is 1380. The number of hydrogen-bond donors (Lipinski definition) is 1. The van der Waals surface area contributed by atoms with Gasteiger partial charge in [0.25, 0.3) is 0 Å². The monoisotopic (exact) mass is 450 g/mol. The zero-order chi connectivity index (χ0) is 22.4. The number of carbonyl (C=O) groups is 1. The number of rotatable bonds is 3. The van der Waals surface area contributed by atoms with Crippen LogP contribution < -0.4 is 4.90 Å². The van der Waals surface area contributed by atoms with Crippen molar-refractivity contribution in [1.82, 2.24) is 25.1 Å². The number of piperazine rings is 1. The van der Waals surface area contributed by atoms with Gasteiger partial charge in [0.1, 0.15) is 17.7 Å². The molecule has 32 heavy (non-hydrogen) atoms. The van der Waals surface area contributed by atoms with E-state index in [-0.39, 0.29) is 22.0 Å². The number of aryl methyl sites for hydroxylation is 1. The molecule has 5 rings (SSSR count). The largest absolute Gasteiger partial charge is 0.352 e. The zero-order valence-corrected chi connectivity index (χ0v) is 18.2. The van der Waals surface area contributed by atoms with Crippen LogP contribution in [0.3, 0.4) is 0 Å². The third-order valence-electron chi connectivity index (χ3n) is 5.92. The number of para-hydroxylation sites is 1. The third kappa shape index (κ3) is 3.18. The van der Waals surface area contributed by atoms with Crippen LogP contribution in [0.5, 0.6) is 0 Å². The third-order valence-corrected chi connectivity index (χ3v) is 6.22. The van der Waals surface area contributed by atoms with Gasteiger partial charge in [-0.25, -0.2) is 14.4 Å². The van der Waals surface area contributed by atoms with Gasteiger partial charge >= 0.3 is 0 Å². The first-order chi connectivity index (χ1) is 15.5. The minimum atomic E-state index is -0.503. The average molecular weight is 451 g/mol. The Morgan fingerprint density at radius 2 is 2.00 bits per heavy atom. The fraction of sp³-hybridized carbons (Fsp3) is 0.217. The van der Waals surface area contributed by atoms with E-state index >= 15 is 4.39 Å². The fourth-order valence-corrected chi connectivity index (χ4v) is 4.56. The molecule has 3 heterocycles. The van der Waals surface area contributed by atoms with Crippen molar-refractivity contribution in [2.75, 3.05) is 31.1 Å². The van der Waals surface area contributed by atoms with Crippen LogP contribution in [0.15, 0.2) is 43.2 Å². The Kier molecular flexibility index (Phi) is 5.01. The molecule has 4 aromatic rings. The standard InChI is InChI=1S/C23H20ClFN6O/c1-3-18(32)30-7-9-31(10-8-30)23-16-11-17(24)19(20(25)22(16)26-12-27-23)15-6-4-5-14-13(2)28-29-21(14)15/h3-6,11-12H,1,7-10H2,2H3,(H,28,29). The van der Waals surface area contributed by atoms with Crippen LogP contribution in [0.2, 0.25) is 5.02 Å². The summed E-state index contributed by atoms with van der Waals surface area (Å²) in [5, 5.41) is 8.95. The van der Waals surface area contributed by atoms with E-state index in [1.54, 1.807) is 11.0 Å². The predicted octanol–water partition coefficient (Wildman–Crippen LogP) is 4.11. The van der Waals surface area contributed by atoms with Gasteiger partial charge in [-0.15, -0.1) is 0 Å². The minimum absolute atomic E-state index is 0.0980. The van der Waals surface area contributed by atoms with Crippen LogP contribution in [0.25, 0.3) is 32.9 Å². The fourth-order valence-electron chi connectivity index (χ4n) is 4.27. The van der Waals surface area contributed by atoms with Crippen molar-refractivity contribution in [2.24, 2.45) is 0 Å². The summed E-state index contributed by atoms with van der Waals surface area (Å²) >= 11 is 6.63. The van der Waals surface area contributed by atoms with E-state index in [4.69, 9.17) is 11.6 Å². The molecule has 2 aromatic carbocycles. The normalized spacial score (nSPS) is 14.3. The van der Waals surface area contributed by atoms with Crippen LogP contribution >= 0.6 is 11.6 Å². The summed E-state index contributed by atoms with van der Waals surface area (Å²) < 4.78 is 15.8.